The Morgan fingerprint density at radius 2 is 2.14 bits per heavy atom. The lowest BCUT2D eigenvalue weighted by Crippen LogP contribution is -2.22. The van der Waals surface area contributed by atoms with E-state index >= 15 is 0 Å². The molecular weight excluding hydrogens is 272 g/mol. The highest BCUT2D eigenvalue weighted by Gasteiger charge is 2.23. The number of carbonyl (C=O) groups is 2. The number of fused-ring (bicyclic) bond motifs is 1. The molecule has 3 rings (SSSR count). The number of nitrogens with zero attached hydrogens (tertiary/aromatic N) is 3. The van der Waals surface area contributed by atoms with Gasteiger partial charge in [-0.05, 0) is 26.0 Å². The van der Waals surface area contributed by atoms with Gasteiger partial charge in [0.05, 0.1) is 6.20 Å². The minimum Gasteiger partial charge on any atom is -0.368 e. The summed E-state index contributed by atoms with van der Waals surface area (Å²) in [4.78, 5) is 27.1. The van der Waals surface area contributed by atoms with Crippen LogP contribution in [0.2, 0.25) is 0 Å². The molecule has 8 nitrogen and oxygen atoms in total. The Labute approximate surface area is 120 Å². The number of carbonyl (C=O) groups excluding carboxylic acids is 2. The van der Waals surface area contributed by atoms with Crippen LogP contribution in [0.1, 0.15) is 19.4 Å². The maximum Gasteiger partial charge on any atom is 0.326 e. The van der Waals surface area contributed by atoms with Crippen molar-refractivity contribution >= 4 is 29.5 Å². The van der Waals surface area contributed by atoms with E-state index in [-0.39, 0.29) is 11.7 Å². The van der Waals surface area contributed by atoms with E-state index in [4.69, 9.17) is 0 Å². The SMILES string of the molecule is CC(C)Nc1ccn2ncc(/C=C3\NC(=O)NC3=O)c2n1. The molecule has 2 aromatic heterocycles. The first-order valence-corrected chi connectivity index (χ1v) is 6.48. The summed E-state index contributed by atoms with van der Waals surface area (Å²) in [5.41, 5.74) is 1.43. The molecule has 0 radical (unpaired) electrons. The maximum absolute atomic E-state index is 11.5. The van der Waals surface area contributed by atoms with Crippen LogP contribution in [0, 0.1) is 0 Å². The number of imide groups is 1. The second kappa shape index (κ2) is 4.89. The molecule has 1 fully saturated rings. The van der Waals surface area contributed by atoms with Gasteiger partial charge in [-0.15, -0.1) is 0 Å². The van der Waals surface area contributed by atoms with Gasteiger partial charge >= 0.3 is 6.03 Å². The Bertz CT molecular complexity index is 761. The Balaban J connectivity index is 2.01. The molecule has 0 atom stereocenters. The van der Waals surface area contributed by atoms with E-state index in [1.165, 1.54) is 0 Å². The first kappa shape index (κ1) is 13.1. The van der Waals surface area contributed by atoms with Gasteiger partial charge in [-0.3, -0.25) is 10.1 Å². The molecule has 0 saturated carbocycles. The Morgan fingerprint density at radius 1 is 1.33 bits per heavy atom. The average molecular weight is 286 g/mol. The molecule has 3 heterocycles. The summed E-state index contributed by atoms with van der Waals surface area (Å²) in [5.74, 6) is 0.258. The number of nitrogens with one attached hydrogen (secondary N) is 3. The van der Waals surface area contributed by atoms with E-state index in [2.05, 4.69) is 26.0 Å². The average Bonchev–Trinajstić information content (AvgIpc) is 2.93. The largest absolute Gasteiger partial charge is 0.368 e. The van der Waals surface area contributed by atoms with Crippen molar-refractivity contribution in [2.24, 2.45) is 0 Å². The normalized spacial score (nSPS) is 16.6. The first-order chi connectivity index (χ1) is 10.0. The summed E-state index contributed by atoms with van der Waals surface area (Å²) in [6.45, 7) is 4.03. The molecule has 0 aromatic carbocycles. The molecule has 3 amide bonds. The van der Waals surface area contributed by atoms with E-state index in [1.54, 1.807) is 23.0 Å². The van der Waals surface area contributed by atoms with Crippen molar-refractivity contribution in [1.82, 2.24) is 25.2 Å². The topological polar surface area (TPSA) is 100 Å². The zero-order chi connectivity index (χ0) is 15.0. The minimum atomic E-state index is -0.530. The van der Waals surface area contributed by atoms with Crippen LogP contribution < -0.4 is 16.0 Å². The lowest BCUT2D eigenvalue weighted by Gasteiger charge is -2.08. The second-order valence-corrected chi connectivity index (χ2v) is 4.95. The van der Waals surface area contributed by atoms with Crippen LogP contribution in [0.4, 0.5) is 10.6 Å². The zero-order valence-corrected chi connectivity index (χ0v) is 11.5. The number of rotatable bonds is 3. The molecule has 0 bridgehead atoms. The summed E-state index contributed by atoms with van der Waals surface area (Å²) in [7, 11) is 0. The summed E-state index contributed by atoms with van der Waals surface area (Å²) < 4.78 is 1.60. The van der Waals surface area contributed by atoms with Crippen LogP contribution in [0.3, 0.4) is 0 Å². The molecule has 21 heavy (non-hydrogen) atoms. The van der Waals surface area contributed by atoms with Crippen molar-refractivity contribution in [2.75, 3.05) is 5.32 Å². The van der Waals surface area contributed by atoms with Crippen LogP contribution >= 0.6 is 0 Å². The van der Waals surface area contributed by atoms with Crippen molar-refractivity contribution in [3.05, 3.63) is 29.7 Å². The van der Waals surface area contributed by atoms with Crippen LogP contribution in [0.5, 0.6) is 0 Å². The van der Waals surface area contributed by atoms with Gasteiger partial charge in [0.2, 0.25) is 0 Å². The van der Waals surface area contributed by atoms with E-state index < -0.39 is 11.9 Å². The maximum atomic E-state index is 11.5. The third kappa shape index (κ3) is 2.55. The molecule has 1 saturated heterocycles. The molecule has 0 unspecified atom stereocenters. The monoisotopic (exact) mass is 286 g/mol. The van der Waals surface area contributed by atoms with Gasteiger partial charge in [0.15, 0.2) is 5.65 Å². The van der Waals surface area contributed by atoms with Gasteiger partial charge < -0.3 is 10.6 Å². The van der Waals surface area contributed by atoms with E-state index in [0.717, 1.165) is 5.82 Å². The highest BCUT2D eigenvalue weighted by atomic mass is 16.2. The molecule has 1 aliphatic rings. The summed E-state index contributed by atoms with van der Waals surface area (Å²) in [6.07, 6.45) is 4.92. The van der Waals surface area contributed by atoms with Crippen molar-refractivity contribution in [3.8, 4) is 0 Å². The second-order valence-electron chi connectivity index (χ2n) is 4.95. The number of anilines is 1. The van der Waals surface area contributed by atoms with E-state index in [1.807, 2.05) is 19.9 Å². The van der Waals surface area contributed by atoms with Crippen LogP contribution in [-0.4, -0.2) is 32.6 Å². The fourth-order valence-electron chi connectivity index (χ4n) is 2.00. The smallest absolute Gasteiger partial charge is 0.326 e. The van der Waals surface area contributed by atoms with Gasteiger partial charge in [-0.2, -0.15) is 5.10 Å². The summed E-state index contributed by atoms with van der Waals surface area (Å²) in [5, 5.41) is 11.9. The van der Waals surface area contributed by atoms with Gasteiger partial charge in [0.1, 0.15) is 11.5 Å². The third-order valence-corrected chi connectivity index (χ3v) is 2.85. The summed E-state index contributed by atoms with van der Waals surface area (Å²) in [6, 6.07) is 1.54. The Hall–Kier alpha value is -2.90. The van der Waals surface area contributed by atoms with E-state index in [0.29, 0.717) is 11.2 Å². The fraction of sp³-hybridized carbons (Fsp3) is 0.231. The quantitative estimate of drug-likeness (QED) is 0.570. The lowest BCUT2D eigenvalue weighted by molar-refractivity contribution is -0.115. The zero-order valence-electron chi connectivity index (χ0n) is 11.5. The van der Waals surface area contributed by atoms with Gasteiger partial charge in [0.25, 0.3) is 5.91 Å². The predicted octanol–water partition coefficient (Wildman–Crippen LogP) is 0.730. The van der Waals surface area contributed by atoms with Gasteiger partial charge in [0, 0.05) is 17.8 Å². The van der Waals surface area contributed by atoms with Crippen molar-refractivity contribution < 1.29 is 9.59 Å². The van der Waals surface area contributed by atoms with Crippen LogP contribution in [-0.2, 0) is 4.79 Å². The minimum absolute atomic E-state index is 0.180. The fourth-order valence-corrected chi connectivity index (χ4v) is 2.00. The van der Waals surface area contributed by atoms with Crippen molar-refractivity contribution in [2.45, 2.75) is 19.9 Å². The van der Waals surface area contributed by atoms with Gasteiger partial charge in [-0.1, -0.05) is 0 Å². The van der Waals surface area contributed by atoms with Crippen molar-refractivity contribution in [1.29, 1.82) is 0 Å². The molecule has 108 valence electrons. The predicted molar refractivity (Wildman–Crippen MR) is 76.4 cm³/mol. The lowest BCUT2D eigenvalue weighted by atomic mass is 10.2. The number of aromatic nitrogens is 3. The molecule has 1 aliphatic heterocycles. The standard InChI is InChI=1S/C13H14N6O2/c1-7(2)15-10-3-4-19-11(17-10)8(6-14-19)5-9-12(20)18-13(21)16-9/h3-7H,1-2H3,(H,15,17)(H2,16,18,20,21)/b9-5-. The van der Waals surface area contributed by atoms with Gasteiger partial charge in [-0.25, -0.2) is 14.3 Å². The number of amides is 3. The Kier molecular flexibility index (Phi) is 3.05. The van der Waals surface area contributed by atoms with Crippen LogP contribution in [0.15, 0.2) is 24.2 Å². The molecule has 8 heteroatoms. The molecular formula is C13H14N6O2. The van der Waals surface area contributed by atoms with E-state index in [9.17, 15) is 9.59 Å². The number of hydrogen-bond donors (Lipinski definition) is 3. The number of urea groups is 1. The van der Waals surface area contributed by atoms with Crippen molar-refractivity contribution in [3.63, 3.8) is 0 Å². The highest BCUT2D eigenvalue weighted by molar-refractivity contribution is 6.14. The molecule has 2 aromatic rings. The molecule has 3 N–H and O–H groups in total. The Morgan fingerprint density at radius 3 is 2.81 bits per heavy atom. The third-order valence-electron chi connectivity index (χ3n) is 2.85. The number of hydrogen-bond acceptors (Lipinski definition) is 5. The molecule has 0 aliphatic carbocycles. The summed E-state index contributed by atoms with van der Waals surface area (Å²) >= 11 is 0. The van der Waals surface area contributed by atoms with Crippen LogP contribution in [0.25, 0.3) is 11.7 Å². The first-order valence-electron chi connectivity index (χ1n) is 6.48. The highest BCUT2D eigenvalue weighted by Crippen LogP contribution is 2.15. The molecule has 0 spiro atoms.